The van der Waals surface area contributed by atoms with E-state index in [2.05, 4.69) is 26.6 Å². The number of rotatable bonds is 8. The number of hydrogen-bond donors (Lipinski definition) is 2. The fourth-order valence-corrected chi connectivity index (χ4v) is 1.85. The summed E-state index contributed by atoms with van der Waals surface area (Å²) in [6, 6.07) is 5.32. The molecule has 0 spiro atoms. The van der Waals surface area contributed by atoms with Crippen LogP contribution < -0.4 is 15.4 Å². The number of methoxy groups -OCH3 is 2. The molecule has 0 fully saturated rings. The normalized spacial score (nSPS) is 9.75. The smallest absolute Gasteiger partial charge is 0.255 e. The maximum atomic E-state index is 12.0. The van der Waals surface area contributed by atoms with E-state index in [1.807, 2.05) is 6.07 Å². The summed E-state index contributed by atoms with van der Waals surface area (Å²) in [5.74, 6) is 0.414. The van der Waals surface area contributed by atoms with Crippen molar-refractivity contribution in [2.24, 2.45) is 0 Å². The van der Waals surface area contributed by atoms with E-state index in [0.717, 1.165) is 11.0 Å². The van der Waals surface area contributed by atoms with Crippen molar-refractivity contribution in [1.29, 1.82) is 0 Å². The lowest BCUT2D eigenvalue weighted by Crippen LogP contribution is -2.33. The summed E-state index contributed by atoms with van der Waals surface area (Å²) in [5, 5.41) is 5.98. The summed E-state index contributed by atoms with van der Waals surface area (Å²) in [6.45, 7) is 2.69. The molecule has 1 rings (SSSR count). The van der Waals surface area contributed by atoms with E-state index >= 15 is 0 Å². The van der Waals surface area contributed by atoms with E-state index in [-0.39, 0.29) is 18.3 Å². The number of ether oxygens (including phenoxy) is 2. The zero-order valence-corrected chi connectivity index (χ0v) is 14.0. The Kier molecular flexibility index (Phi) is 10.5. The van der Waals surface area contributed by atoms with Gasteiger partial charge in [-0.05, 0) is 18.2 Å². The van der Waals surface area contributed by atoms with Crippen LogP contribution >= 0.6 is 28.3 Å². The second-order valence-electron chi connectivity index (χ2n) is 3.84. The third kappa shape index (κ3) is 6.56. The van der Waals surface area contributed by atoms with Crippen molar-refractivity contribution < 1.29 is 14.3 Å². The summed E-state index contributed by atoms with van der Waals surface area (Å²) >= 11 is 3.34. The van der Waals surface area contributed by atoms with Gasteiger partial charge in [0.25, 0.3) is 5.91 Å². The summed E-state index contributed by atoms with van der Waals surface area (Å²) in [5.41, 5.74) is 0.530. The van der Waals surface area contributed by atoms with Gasteiger partial charge in [-0.25, -0.2) is 0 Å². The van der Waals surface area contributed by atoms with Crippen LogP contribution in [0.15, 0.2) is 22.7 Å². The van der Waals surface area contributed by atoms with Crippen LogP contribution in [0.1, 0.15) is 10.4 Å². The van der Waals surface area contributed by atoms with E-state index in [0.29, 0.717) is 31.0 Å². The predicted molar refractivity (Wildman–Crippen MR) is 85.0 cm³/mol. The standard InChI is InChI=1S/C13H19BrN2O3.ClH/c1-18-8-7-15-5-6-16-13(17)11-4-3-10(14)9-12(11)19-2;/h3-4,9,15H,5-8H2,1-2H3,(H,16,17);1H. The maximum absolute atomic E-state index is 12.0. The van der Waals surface area contributed by atoms with Crippen LogP contribution in [-0.2, 0) is 4.74 Å². The number of benzene rings is 1. The minimum atomic E-state index is -0.141. The number of halogens is 2. The summed E-state index contributed by atoms with van der Waals surface area (Å²) in [4.78, 5) is 12.0. The Morgan fingerprint density at radius 2 is 2.00 bits per heavy atom. The number of amides is 1. The van der Waals surface area contributed by atoms with Crippen LogP contribution in [0.2, 0.25) is 0 Å². The highest BCUT2D eigenvalue weighted by Crippen LogP contribution is 2.23. The van der Waals surface area contributed by atoms with E-state index in [1.54, 1.807) is 26.4 Å². The zero-order chi connectivity index (χ0) is 14.1. The number of nitrogens with one attached hydrogen (secondary N) is 2. The summed E-state index contributed by atoms with van der Waals surface area (Å²) < 4.78 is 11.0. The molecule has 1 aromatic rings. The lowest BCUT2D eigenvalue weighted by atomic mass is 10.2. The van der Waals surface area contributed by atoms with Gasteiger partial charge < -0.3 is 20.1 Å². The van der Waals surface area contributed by atoms with Gasteiger partial charge in [-0.3, -0.25) is 4.79 Å². The molecule has 1 aromatic carbocycles. The van der Waals surface area contributed by atoms with Crippen LogP contribution in [-0.4, -0.2) is 46.4 Å². The Bertz CT molecular complexity index is 419. The highest BCUT2D eigenvalue weighted by Gasteiger charge is 2.11. The number of carbonyl (C=O) groups excluding carboxylic acids is 1. The van der Waals surface area contributed by atoms with Gasteiger partial charge in [-0.1, -0.05) is 15.9 Å². The third-order valence-electron chi connectivity index (χ3n) is 2.48. The molecule has 0 aliphatic heterocycles. The molecule has 0 aliphatic rings. The molecule has 20 heavy (non-hydrogen) atoms. The monoisotopic (exact) mass is 366 g/mol. The molecule has 0 saturated carbocycles. The molecule has 5 nitrogen and oxygen atoms in total. The molecule has 0 radical (unpaired) electrons. The fraction of sp³-hybridized carbons (Fsp3) is 0.462. The van der Waals surface area contributed by atoms with Crippen LogP contribution in [0.5, 0.6) is 5.75 Å². The van der Waals surface area contributed by atoms with Crippen LogP contribution in [0.4, 0.5) is 0 Å². The number of hydrogen-bond acceptors (Lipinski definition) is 4. The molecule has 0 aromatic heterocycles. The van der Waals surface area contributed by atoms with Crippen molar-refractivity contribution in [3.05, 3.63) is 28.2 Å². The first kappa shape index (κ1) is 19.2. The van der Waals surface area contributed by atoms with Crippen molar-refractivity contribution in [2.45, 2.75) is 0 Å². The Labute approximate surface area is 133 Å². The van der Waals surface area contributed by atoms with Gasteiger partial charge in [0.1, 0.15) is 5.75 Å². The van der Waals surface area contributed by atoms with Gasteiger partial charge in [-0.15, -0.1) is 12.4 Å². The first-order valence-corrected chi connectivity index (χ1v) is 6.79. The second-order valence-corrected chi connectivity index (χ2v) is 4.76. The molecule has 114 valence electrons. The van der Waals surface area contributed by atoms with E-state index in [9.17, 15) is 4.79 Å². The molecule has 0 heterocycles. The van der Waals surface area contributed by atoms with Crippen molar-refractivity contribution in [1.82, 2.24) is 10.6 Å². The molecular weight excluding hydrogens is 348 g/mol. The molecular formula is C13H20BrClN2O3. The predicted octanol–water partition coefficient (Wildman–Crippen LogP) is 1.85. The number of carbonyl (C=O) groups is 1. The Hall–Kier alpha value is -0.820. The van der Waals surface area contributed by atoms with Gasteiger partial charge in [0.2, 0.25) is 0 Å². The van der Waals surface area contributed by atoms with Gasteiger partial charge >= 0.3 is 0 Å². The van der Waals surface area contributed by atoms with E-state index < -0.39 is 0 Å². The molecule has 0 unspecified atom stereocenters. The molecule has 7 heteroatoms. The second kappa shape index (κ2) is 10.9. The first-order valence-electron chi connectivity index (χ1n) is 6.00. The molecule has 0 saturated heterocycles. The van der Waals surface area contributed by atoms with Crippen molar-refractivity contribution in [3.8, 4) is 5.75 Å². The van der Waals surface area contributed by atoms with Crippen LogP contribution in [0.25, 0.3) is 0 Å². The minimum Gasteiger partial charge on any atom is -0.496 e. The minimum absolute atomic E-state index is 0. The Morgan fingerprint density at radius 3 is 2.65 bits per heavy atom. The first-order chi connectivity index (χ1) is 9.19. The zero-order valence-electron chi connectivity index (χ0n) is 11.6. The quantitative estimate of drug-likeness (QED) is 0.689. The molecule has 1 amide bonds. The van der Waals surface area contributed by atoms with Gasteiger partial charge in [0.15, 0.2) is 0 Å². The van der Waals surface area contributed by atoms with E-state index in [1.165, 1.54) is 0 Å². The highest BCUT2D eigenvalue weighted by molar-refractivity contribution is 9.10. The molecule has 0 bridgehead atoms. The topological polar surface area (TPSA) is 59.6 Å². The lowest BCUT2D eigenvalue weighted by Gasteiger charge is -2.10. The largest absolute Gasteiger partial charge is 0.496 e. The van der Waals surface area contributed by atoms with Crippen LogP contribution in [0.3, 0.4) is 0 Å². The van der Waals surface area contributed by atoms with Crippen LogP contribution in [0, 0.1) is 0 Å². The van der Waals surface area contributed by atoms with Gasteiger partial charge in [-0.2, -0.15) is 0 Å². The Morgan fingerprint density at radius 1 is 1.25 bits per heavy atom. The van der Waals surface area contributed by atoms with Crippen molar-refractivity contribution >= 4 is 34.2 Å². The highest BCUT2D eigenvalue weighted by atomic mass is 79.9. The van der Waals surface area contributed by atoms with Gasteiger partial charge in [0, 0.05) is 31.2 Å². The molecule has 2 N–H and O–H groups in total. The third-order valence-corrected chi connectivity index (χ3v) is 2.97. The maximum Gasteiger partial charge on any atom is 0.255 e. The average Bonchev–Trinajstić information content (AvgIpc) is 2.42. The summed E-state index contributed by atoms with van der Waals surface area (Å²) in [6.07, 6.45) is 0. The fourth-order valence-electron chi connectivity index (χ4n) is 1.51. The average molecular weight is 368 g/mol. The molecule has 0 aliphatic carbocycles. The SMILES string of the molecule is COCCNCCNC(=O)c1ccc(Br)cc1OC.Cl. The van der Waals surface area contributed by atoms with Crippen molar-refractivity contribution in [2.75, 3.05) is 40.5 Å². The van der Waals surface area contributed by atoms with Crippen molar-refractivity contribution in [3.63, 3.8) is 0 Å². The summed E-state index contributed by atoms with van der Waals surface area (Å²) in [7, 11) is 3.20. The van der Waals surface area contributed by atoms with Gasteiger partial charge in [0.05, 0.1) is 19.3 Å². The molecule has 0 atom stereocenters. The lowest BCUT2D eigenvalue weighted by molar-refractivity contribution is 0.0950. The van der Waals surface area contributed by atoms with E-state index in [4.69, 9.17) is 9.47 Å². The Balaban J connectivity index is 0.00000361.